The number of carbonyl (C=O) groups excluding carboxylic acids is 1. The molecule has 1 aromatic heterocycles. The van der Waals surface area contributed by atoms with Crippen LogP contribution in [0.2, 0.25) is 0 Å². The maximum Gasteiger partial charge on any atom is 0.342 e. The van der Waals surface area contributed by atoms with E-state index in [2.05, 4.69) is 27.6 Å². The molecule has 2 rings (SSSR count). The summed E-state index contributed by atoms with van der Waals surface area (Å²) in [6.07, 6.45) is 6.00. The lowest BCUT2D eigenvalue weighted by atomic mass is 10.2. The SMILES string of the molecule is CCCCCCOc1ccccc1/C=N/NC(=O)CSc1n[nH]c(=O)[nH]c1=O. The predicted molar refractivity (Wildman–Crippen MR) is 108 cm³/mol. The second-order valence-corrected chi connectivity index (χ2v) is 6.80. The number of nitrogens with one attached hydrogen (secondary N) is 3. The van der Waals surface area contributed by atoms with Gasteiger partial charge in [-0.25, -0.2) is 15.3 Å². The molecule has 1 heterocycles. The van der Waals surface area contributed by atoms with E-state index in [1.54, 1.807) is 0 Å². The number of amides is 1. The smallest absolute Gasteiger partial charge is 0.342 e. The number of benzene rings is 1. The Bertz CT molecular complexity index is 909. The predicted octanol–water partition coefficient (Wildman–Crippen LogP) is 1.66. The number of carbonyl (C=O) groups is 1. The van der Waals surface area contributed by atoms with Gasteiger partial charge < -0.3 is 4.74 Å². The minimum absolute atomic E-state index is 0.000508. The summed E-state index contributed by atoms with van der Waals surface area (Å²) in [4.78, 5) is 36.3. The van der Waals surface area contributed by atoms with E-state index >= 15 is 0 Å². The van der Waals surface area contributed by atoms with E-state index < -0.39 is 17.2 Å². The van der Waals surface area contributed by atoms with Crippen LogP contribution < -0.4 is 21.4 Å². The van der Waals surface area contributed by atoms with Crippen molar-refractivity contribution in [3.63, 3.8) is 0 Å². The Labute approximate surface area is 166 Å². The summed E-state index contributed by atoms with van der Waals surface area (Å²) >= 11 is 0.895. The summed E-state index contributed by atoms with van der Waals surface area (Å²) < 4.78 is 5.79. The Morgan fingerprint density at radius 1 is 1.29 bits per heavy atom. The number of H-pyrrole nitrogens is 2. The first-order chi connectivity index (χ1) is 13.6. The van der Waals surface area contributed by atoms with Gasteiger partial charge in [0.2, 0.25) is 5.91 Å². The van der Waals surface area contributed by atoms with E-state index in [4.69, 9.17) is 4.74 Å². The average molecular weight is 405 g/mol. The standard InChI is InChI=1S/C18H23N5O4S/c1-2-3-4-7-10-27-14-9-6-5-8-13(14)11-19-21-15(24)12-28-17-16(25)20-18(26)23-22-17/h5-6,8-9,11H,2-4,7,10,12H2,1H3,(H,21,24)(H2,20,23,25,26)/b19-11+. The van der Waals surface area contributed by atoms with E-state index in [-0.39, 0.29) is 10.8 Å². The van der Waals surface area contributed by atoms with Gasteiger partial charge in [0, 0.05) is 5.56 Å². The van der Waals surface area contributed by atoms with Gasteiger partial charge in [-0.15, -0.1) is 0 Å². The van der Waals surface area contributed by atoms with Crippen LogP contribution in [0.3, 0.4) is 0 Å². The monoisotopic (exact) mass is 405 g/mol. The van der Waals surface area contributed by atoms with Gasteiger partial charge >= 0.3 is 5.69 Å². The Morgan fingerprint density at radius 3 is 2.89 bits per heavy atom. The Kier molecular flexibility index (Phi) is 8.99. The summed E-state index contributed by atoms with van der Waals surface area (Å²) in [7, 11) is 0. The minimum atomic E-state index is -0.699. The van der Waals surface area contributed by atoms with Gasteiger partial charge in [-0.2, -0.15) is 10.2 Å². The zero-order valence-corrected chi connectivity index (χ0v) is 16.4. The van der Waals surface area contributed by atoms with Crippen LogP contribution in [0.1, 0.15) is 38.2 Å². The highest BCUT2D eigenvalue weighted by Gasteiger charge is 2.07. The van der Waals surface area contributed by atoms with Crippen LogP contribution in [0.25, 0.3) is 0 Å². The van der Waals surface area contributed by atoms with Crippen LogP contribution in [-0.4, -0.2) is 39.7 Å². The molecule has 0 aliphatic heterocycles. The van der Waals surface area contributed by atoms with Crippen LogP contribution in [0.5, 0.6) is 5.75 Å². The topological polar surface area (TPSA) is 129 Å². The molecule has 0 atom stereocenters. The van der Waals surface area contributed by atoms with E-state index in [1.165, 1.54) is 19.1 Å². The maximum atomic E-state index is 11.9. The molecule has 0 bridgehead atoms. The fraction of sp³-hybridized carbons (Fsp3) is 0.389. The van der Waals surface area contributed by atoms with Crippen molar-refractivity contribution in [3.05, 3.63) is 50.7 Å². The molecule has 0 radical (unpaired) electrons. The average Bonchev–Trinajstić information content (AvgIpc) is 2.68. The van der Waals surface area contributed by atoms with Crippen molar-refractivity contribution in [2.45, 2.75) is 37.6 Å². The third-order valence-corrected chi connectivity index (χ3v) is 4.54. The van der Waals surface area contributed by atoms with Crippen molar-refractivity contribution in [1.29, 1.82) is 0 Å². The molecule has 9 nitrogen and oxygen atoms in total. The number of aromatic amines is 2. The number of hydrogen-bond donors (Lipinski definition) is 3. The van der Waals surface area contributed by atoms with Crippen molar-refractivity contribution in [3.8, 4) is 5.75 Å². The molecule has 0 spiro atoms. The lowest BCUT2D eigenvalue weighted by Crippen LogP contribution is -2.26. The summed E-state index contributed by atoms with van der Waals surface area (Å²) in [5, 5.41) is 9.62. The van der Waals surface area contributed by atoms with Gasteiger partial charge in [0.05, 0.1) is 18.6 Å². The largest absolute Gasteiger partial charge is 0.493 e. The zero-order chi connectivity index (χ0) is 20.2. The highest BCUT2D eigenvalue weighted by atomic mass is 32.2. The van der Waals surface area contributed by atoms with Gasteiger partial charge in [-0.1, -0.05) is 50.1 Å². The summed E-state index contributed by atoms with van der Waals surface area (Å²) in [6.45, 7) is 2.79. The molecule has 1 amide bonds. The molecular formula is C18H23N5O4S. The van der Waals surface area contributed by atoms with Gasteiger partial charge in [0.25, 0.3) is 5.56 Å². The van der Waals surface area contributed by atoms with Gasteiger partial charge in [0.15, 0.2) is 5.03 Å². The number of hydrazone groups is 1. The number of aromatic nitrogens is 3. The third kappa shape index (κ3) is 7.39. The molecular weight excluding hydrogens is 382 g/mol. The molecule has 2 aromatic rings. The molecule has 28 heavy (non-hydrogen) atoms. The lowest BCUT2D eigenvalue weighted by molar-refractivity contribution is -0.118. The third-order valence-electron chi connectivity index (χ3n) is 3.59. The highest BCUT2D eigenvalue weighted by molar-refractivity contribution is 7.99. The summed E-state index contributed by atoms with van der Waals surface area (Å²) in [5.74, 6) is 0.219. The van der Waals surface area contributed by atoms with Crippen molar-refractivity contribution in [2.75, 3.05) is 12.4 Å². The van der Waals surface area contributed by atoms with Crippen LogP contribution in [0, 0.1) is 0 Å². The van der Waals surface area contributed by atoms with Crippen LogP contribution in [0.4, 0.5) is 0 Å². The number of rotatable bonds is 11. The molecule has 1 aromatic carbocycles. The Hall–Kier alpha value is -2.88. The quantitative estimate of drug-likeness (QED) is 0.226. The van der Waals surface area contributed by atoms with Crippen molar-refractivity contribution in [1.82, 2.24) is 20.6 Å². The van der Waals surface area contributed by atoms with E-state index in [0.29, 0.717) is 12.4 Å². The van der Waals surface area contributed by atoms with E-state index in [9.17, 15) is 14.4 Å². The first kappa shape index (κ1) is 21.4. The Balaban J connectivity index is 1.82. The number of para-hydroxylation sites is 1. The lowest BCUT2D eigenvalue weighted by Gasteiger charge is -2.08. The molecule has 150 valence electrons. The highest BCUT2D eigenvalue weighted by Crippen LogP contribution is 2.16. The number of unbranched alkanes of at least 4 members (excludes halogenated alkanes) is 3. The number of nitrogens with zero attached hydrogens (tertiary/aromatic N) is 2. The normalized spacial score (nSPS) is 10.9. The Morgan fingerprint density at radius 2 is 2.11 bits per heavy atom. The van der Waals surface area contributed by atoms with Gasteiger partial charge in [-0.05, 0) is 18.6 Å². The van der Waals surface area contributed by atoms with Crippen LogP contribution in [-0.2, 0) is 4.79 Å². The van der Waals surface area contributed by atoms with Gasteiger partial charge in [-0.3, -0.25) is 14.6 Å². The van der Waals surface area contributed by atoms with E-state index in [1.807, 2.05) is 29.2 Å². The number of hydrogen-bond acceptors (Lipinski definition) is 7. The molecule has 0 aliphatic rings. The van der Waals surface area contributed by atoms with Crippen LogP contribution in [0.15, 0.2) is 44.0 Å². The molecule has 10 heteroatoms. The first-order valence-electron chi connectivity index (χ1n) is 8.95. The molecule has 3 N–H and O–H groups in total. The second-order valence-electron chi connectivity index (χ2n) is 5.84. The molecule has 0 fully saturated rings. The van der Waals surface area contributed by atoms with E-state index in [0.717, 1.165) is 30.2 Å². The van der Waals surface area contributed by atoms with Gasteiger partial charge in [0.1, 0.15) is 5.75 Å². The minimum Gasteiger partial charge on any atom is -0.493 e. The fourth-order valence-corrected chi connectivity index (χ4v) is 2.83. The first-order valence-corrected chi connectivity index (χ1v) is 9.94. The molecule has 0 saturated heterocycles. The van der Waals surface area contributed by atoms with Crippen LogP contribution >= 0.6 is 11.8 Å². The summed E-state index contributed by atoms with van der Waals surface area (Å²) in [6, 6.07) is 7.43. The number of thioether (sulfide) groups is 1. The molecule has 0 aliphatic carbocycles. The summed E-state index contributed by atoms with van der Waals surface area (Å²) in [5.41, 5.74) is 1.80. The van der Waals surface area contributed by atoms with Crippen molar-refractivity contribution in [2.24, 2.45) is 5.10 Å². The fourth-order valence-electron chi connectivity index (χ4n) is 2.20. The molecule has 0 unspecified atom stereocenters. The number of ether oxygens (including phenoxy) is 1. The van der Waals surface area contributed by atoms with Crippen molar-refractivity contribution < 1.29 is 9.53 Å². The maximum absolute atomic E-state index is 11.9. The molecule has 0 saturated carbocycles. The zero-order valence-electron chi connectivity index (χ0n) is 15.6. The second kappa shape index (κ2) is 11.8. The van der Waals surface area contributed by atoms with Crippen molar-refractivity contribution >= 4 is 23.9 Å².